The van der Waals surface area contributed by atoms with Gasteiger partial charge in [-0.1, -0.05) is 42.1 Å². The van der Waals surface area contributed by atoms with Gasteiger partial charge in [-0.25, -0.2) is 4.39 Å². The summed E-state index contributed by atoms with van der Waals surface area (Å²) in [6.07, 6.45) is 0.904. The van der Waals surface area contributed by atoms with Crippen molar-refractivity contribution in [1.29, 1.82) is 0 Å². The molecule has 0 radical (unpaired) electrons. The van der Waals surface area contributed by atoms with Crippen molar-refractivity contribution in [3.05, 3.63) is 82.3 Å². The SMILES string of the molecule is O=C(CSc1nnc(-c2ccccc2F)n1-c1ccccc1)N1CCc2sccc2C1. The average Bonchev–Trinajstić information content (AvgIpc) is 3.45. The maximum Gasteiger partial charge on any atom is 0.233 e. The zero-order valence-corrected chi connectivity index (χ0v) is 18.2. The van der Waals surface area contributed by atoms with Crippen molar-refractivity contribution in [3.8, 4) is 17.1 Å². The van der Waals surface area contributed by atoms with Crippen LogP contribution in [0, 0.1) is 5.82 Å². The Balaban J connectivity index is 1.41. The van der Waals surface area contributed by atoms with Crippen molar-refractivity contribution in [2.45, 2.75) is 18.1 Å². The monoisotopic (exact) mass is 450 g/mol. The summed E-state index contributed by atoms with van der Waals surface area (Å²) in [6, 6.07) is 18.2. The van der Waals surface area contributed by atoms with E-state index in [0.717, 1.165) is 18.7 Å². The molecule has 4 aromatic rings. The summed E-state index contributed by atoms with van der Waals surface area (Å²) in [6.45, 7) is 1.39. The van der Waals surface area contributed by atoms with Gasteiger partial charge >= 0.3 is 0 Å². The minimum Gasteiger partial charge on any atom is -0.337 e. The van der Waals surface area contributed by atoms with Crippen LogP contribution < -0.4 is 0 Å². The molecule has 1 aliphatic heterocycles. The molecule has 0 aliphatic carbocycles. The fraction of sp³-hybridized carbons (Fsp3) is 0.174. The second-order valence-corrected chi connectivity index (χ2v) is 9.12. The maximum atomic E-state index is 14.5. The highest BCUT2D eigenvalue weighted by Gasteiger charge is 2.23. The second-order valence-electron chi connectivity index (χ2n) is 7.18. The van der Waals surface area contributed by atoms with Gasteiger partial charge in [0.25, 0.3) is 0 Å². The van der Waals surface area contributed by atoms with E-state index >= 15 is 0 Å². The number of amides is 1. The average molecular weight is 451 g/mol. The van der Waals surface area contributed by atoms with Crippen molar-refractivity contribution in [2.75, 3.05) is 12.3 Å². The van der Waals surface area contributed by atoms with E-state index in [1.54, 1.807) is 29.5 Å². The number of carbonyl (C=O) groups excluding carboxylic acids is 1. The molecule has 0 spiro atoms. The molecule has 0 unspecified atom stereocenters. The Morgan fingerprint density at radius 1 is 1.06 bits per heavy atom. The molecule has 3 heterocycles. The Bertz CT molecular complexity index is 1220. The number of hydrogen-bond donors (Lipinski definition) is 0. The highest BCUT2D eigenvalue weighted by Crippen LogP contribution is 2.30. The smallest absolute Gasteiger partial charge is 0.233 e. The van der Waals surface area contributed by atoms with Gasteiger partial charge < -0.3 is 4.90 Å². The van der Waals surface area contributed by atoms with Gasteiger partial charge in [0, 0.05) is 23.7 Å². The summed E-state index contributed by atoms with van der Waals surface area (Å²) in [5.41, 5.74) is 2.43. The summed E-state index contributed by atoms with van der Waals surface area (Å²) < 4.78 is 16.3. The highest BCUT2D eigenvalue weighted by molar-refractivity contribution is 7.99. The molecule has 156 valence electrons. The molecule has 0 N–H and O–H groups in total. The second kappa shape index (κ2) is 8.64. The standard InChI is InChI=1S/C23H19FN4OS2/c24-19-9-5-4-8-18(19)22-25-26-23(28(22)17-6-2-1-3-7-17)31-15-21(29)27-12-10-20-16(14-27)11-13-30-20/h1-9,11,13H,10,12,14-15H2. The van der Waals surface area contributed by atoms with E-state index in [1.807, 2.05) is 39.8 Å². The third kappa shape index (κ3) is 4.00. The number of thiophene rings is 1. The topological polar surface area (TPSA) is 51.0 Å². The Labute approximate surface area is 187 Å². The van der Waals surface area contributed by atoms with Crippen molar-refractivity contribution in [3.63, 3.8) is 0 Å². The number of rotatable bonds is 5. The molecule has 0 atom stereocenters. The molecule has 1 aliphatic rings. The van der Waals surface area contributed by atoms with Gasteiger partial charge in [-0.05, 0) is 47.7 Å². The maximum absolute atomic E-state index is 14.5. The van der Waals surface area contributed by atoms with Gasteiger partial charge in [0.1, 0.15) is 5.82 Å². The fourth-order valence-corrected chi connectivity index (χ4v) is 5.41. The molecule has 5 rings (SSSR count). The zero-order chi connectivity index (χ0) is 21.2. The lowest BCUT2D eigenvalue weighted by atomic mass is 10.1. The van der Waals surface area contributed by atoms with E-state index in [4.69, 9.17) is 0 Å². The van der Waals surface area contributed by atoms with E-state index < -0.39 is 0 Å². The first-order valence-corrected chi connectivity index (χ1v) is 11.8. The third-order valence-corrected chi connectivity index (χ3v) is 7.18. The number of hydrogen-bond acceptors (Lipinski definition) is 5. The molecule has 2 aromatic carbocycles. The van der Waals surface area contributed by atoms with Gasteiger partial charge in [0.15, 0.2) is 11.0 Å². The number of para-hydroxylation sites is 1. The zero-order valence-electron chi connectivity index (χ0n) is 16.6. The first-order valence-electron chi connectivity index (χ1n) is 9.92. The van der Waals surface area contributed by atoms with Crippen LogP contribution in [0.5, 0.6) is 0 Å². The van der Waals surface area contributed by atoms with Gasteiger partial charge in [-0.3, -0.25) is 9.36 Å². The quantitative estimate of drug-likeness (QED) is 0.410. The molecule has 0 saturated carbocycles. The normalized spacial score (nSPS) is 13.3. The lowest BCUT2D eigenvalue weighted by Gasteiger charge is -2.26. The van der Waals surface area contributed by atoms with Crippen LogP contribution in [0.2, 0.25) is 0 Å². The number of carbonyl (C=O) groups is 1. The van der Waals surface area contributed by atoms with E-state index in [2.05, 4.69) is 21.6 Å². The molecule has 31 heavy (non-hydrogen) atoms. The third-order valence-electron chi connectivity index (χ3n) is 5.25. The van der Waals surface area contributed by atoms with Crippen LogP contribution in [-0.4, -0.2) is 37.9 Å². The minimum absolute atomic E-state index is 0.0666. The van der Waals surface area contributed by atoms with Gasteiger partial charge in [-0.15, -0.1) is 21.5 Å². The number of thioether (sulfide) groups is 1. The van der Waals surface area contributed by atoms with Crippen molar-refractivity contribution < 1.29 is 9.18 Å². The molecule has 8 heteroatoms. The van der Waals surface area contributed by atoms with E-state index in [9.17, 15) is 9.18 Å². The summed E-state index contributed by atoms with van der Waals surface area (Å²) in [4.78, 5) is 16.1. The van der Waals surface area contributed by atoms with Crippen molar-refractivity contribution >= 4 is 29.0 Å². The molecule has 2 aromatic heterocycles. The molecule has 0 bridgehead atoms. The first kappa shape index (κ1) is 20.0. The van der Waals surface area contributed by atoms with Crippen LogP contribution >= 0.6 is 23.1 Å². The van der Waals surface area contributed by atoms with Crippen LogP contribution in [0.4, 0.5) is 4.39 Å². The summed E-state index contributed by atoms with van der Waals surface area (Å²) in [5, 5.41) is 11.2. The minimum atomic E-state index is -0.361. The van der Waals surface area contributed by atoms with Crippen LogP contribution in [0.1, 0.15) is 10.4 Å². The predicted octanol–water partition coefficient (Wildman–Crippen LogP) is 4.81. The fourth-order valence-electron chi connectivity index (χ4n) is 3.67. The molecule has 0 saturated heterocycles. The van der Waals surface area contributed by atoms with Crippen LogP contribution in [0.3, 0.4) is 0 Å². The molecular weight excluding hydrogens is 431 g/mol. The number of aromatic nitrogens is 3. The Morgan fingerprint density at radius 2 is 1.87 bits per heavy atom. The number of nitrogens with zero attached hydrogens (tertiary/aromatic N) is 4. The number of benzene rings is 2. The number of fused-ring (bicyclic) bond motifs is 1. The predicted molar refractivity (Wildman–Crippen MR) is 121 cm³/mol. The Morgan fingerprint density at radius 3 is 2.71 bits per heavy atom. The molecule has 5 nitrogen and oxygen atoms in total. The largest absolute Gasteiger partial charge is 0.337 e. The van der Waals surface area contributed by atoms with Gasteiger partial charge in [0.2, 0.25) is 5.91 Å². The van der Waals surface area contributed by atoms with Gasteiger partial charge in [-0.2, -0.15) is 0 Å². The number of halogens is 1. The summed E-state index contributed by atoms with van der Waals surface area (Å²) >= 11 is 3.08. The first-order chi connectivity index (χ1) is 15.2. The summed E-state index contributed by atoms with van der Waals surface area (Å²) in [5.74, 6) is 0.374. The van der Waals surface area contributed by atoms with Crippen molar-refractivity contribution in [2.24, 2.45) is 0 Å². The van der Waals surface area contributed by atoms with Crippen LogP contribution in [0.25, 0.3) is 17.1 Å². The van der Waals surface area contributed by atoms with Gasteiger partial charge in [0.05, 0.1) is 11.3 Å². The Kier molecular flexibility index (Phi) is 5.57. The van der Waals surface area contributed by atoms with Crippen molar-refractivity contribution in [1.82, 2.24) is 19.7 Å². The van der Waals surface area contributed by atoms with E-state index in [0.29, 0.717) is 23.1 Å². The highest BCUT2D eigenvalue weighted by atomic mass is 32.2. The lowest BCUT2D eigenvalue weighted by molar-refractivity contribution is -0.129. The Hall–Kier alpha value is -2.97. The molecular formula is C23H19FN4OS2. The van der Waals surface area contributed by atoms with Crippen LogP contribution in [-0.2, 0) is 17.8 Å². The van der Waals surface area contributed by atoms with Crippen LogP contribution in [0.15, 0.2) is 71.2 Å². The van der Waals surface area contributed by atoms with E-state index in [1.165, 1.54) is 28.3 Å². The molecule has 0 fully saturated rings. The van der Waals surface area contributed by atoms with E-state index in [-0.39, 0.29) is 17.5 Å². The molecule has 1 amide bonds. The summed E-state index contributed by atoms with van der Waals surface area (Å²) in [7, 11) is 0. The lowest BCUT2D eigenvalue weighted by Crippen LogP contribution is -2.36.